The van der Waals surface area contributed by atoms with Gasteiger partial charge in [0.1, 0.15) is 12.6 Å². The zero-order valence-corrected chi connectivity index (χ0v) is 15.9. The predicted molar refractivity (Wildman–Crippen MR) is 97.3 cm³/mol. The van der Waals surface area contributed by atoms with Gasteiger partial charge in [0.15, 0.2) is 11.8 Å². The molecule has 146 valence electrons. The van der Waals surface area contributed by atoms with Crippen molar-refractivity contribution >= 4 is 11.9 Å². The number of hydrogen-bond acceptors (Lipinski definition) is 6. The first-order valence-electron chi connectivity index (χ1n) is 9.29. The molecular formula is C17H30N6O3. The SMILES string of the molecule is CCNC(=NCc1nc(C(C)OCC)no1)N1CCCC(CC(N)=O)C1. The fourth-order valence-corrected chi connectivity index (χ4v) is 3.10. The Labute approximate surface area is 154 Å². The first-order valence-corrected chi connectivity index (χ1v) is 9.29. The van der Waals surface area contributed by atoms with Crippen molar-refractivity contribution in [3.63, 3.8) is 0 Å². The number of likely N-dealkylation sites (tertiary alicyclic amines) is 1. The topological polar surface area (TPSA) is 119 Å². The zero-order valence-electron chi connectivity index (χ0n) is 15.9. The number of piperidine rings is 1. The normalized spacial score (nSPS) is 19.4. The number of nitrogens with zero attached hydrogens (tertiary/aromatic N) is 4. The van der Waals surface area contributed by atoms with Gasteiger partial charge in [-0.05, 0) is 39.5 Å². The summed E-state index contributed by atoms with van der Waals surface area (Å²) in [6, 6.07) is 0. The fraction of sp³-hybridized carbons (Fsp3) is 0.765. The molecular weight excluding hydrogens is 336 g/mol. The summed E-state index contributed by atoms with van der Waals surface area (Å²) in [6.07, 6.45) is 2.24. The van der Waals surface area contributed by atoms with Crippen molar-refractivity contribution in [3.8, 4) is 0 Å². The number of carbonyl (C=O) groups excluding carboxylic acids is 1. The molecule has 0 spiro atoms. The Balaban J connectivity index is 2.00. The number of guanidine groups is 1. The molecule has 1 aliphatic rings. The average molecular weight is 366 g/mol. The number of carbonyl (C=O) groups is 1. The lowest BCUT2D eigenvalue weighted by molar-refractivity contribution is -0.119. The van der Waals surface area contributed by atoms with Crippen LogP contribution in [0.15, 0.2) is 9.52 Å². The molecule has 1 amide bonds. The van der Waals surface area contributed by atoms with E-state index < -0.39 is 0 Å². The minimum Gasteiger partial charge on any atom is -0.371 e. The van der Waals surface area contributed by atoms with Crippen LogP contribution in [0.5, 0.6) is 0 Å². The first kappa shape index (κ1) is 20.2. The number of aliphatic imine (C=N–C) groups is 1. The van der Waals surface area contributed by atoms with Gasteiger partial charge >= 0.3 is 0 Å². The summed E-state index contributed by atoms with van der Waals surface area (Å²) in [5.74, 6) is 1.79. The molecule has 3 N–H and O–H groups in total. The van der Waals surface area contributed by atoms with Crippen molar-refractivity contribution in [2.45, 2.75) is 52.7 Å². The van der Waals surface area contributed by atoms with Crippen LogP contribution >= 0.6 is 0 Å². The molecule has 2 atom stereocenters. The molecule has 2 rings (SSSR count). The van der Waals surface area contributed by atoms with E-state index in [0.717, 1.165) is 38.4 Å². The Morgan fingerprint density at radius 2 is 2.35 bits per heavy atom. The molecule has 0 aliphatic carbocycles. The van der Waals surface area contributed by atoms with Crippen molar-refractivity contribution in [1.29, 1.82) is 0 Å². The third-order valence-corrected chi connectivity index (χ3v) is 4.27. The summed E-state index contributed by atoms with van der Waals surface area (Å²) >= 11 is 0. The lowest BCUT2D eigenvalue weighted by Crippen LogP contribution is -2.47. The number of aromatic nitrogens is 2. The third-order valence-electron chi connectivity index (χ3n) is 4.27. The Hall–Kier alpha value is -2.16. The highest BCUT2D eigenvalue weighted by atomic mass is 16.5. The Bertz CT molecular complexity index is 603. The molecule has 0 bridgehead atoms. The smallest absolute Gasteiger partial charge is 0.248 e. The van der Waals surface area contributed by atoms with Gasteiger partial charge in [-0.15, -0.1) is 0 Å². The summed E-state index contributed by atoms with van der Waals surface area (Å²) in [5, 5.41) is 7.24. The predicted octanol–water partition coefficient (Wildman–Crippen LogP) is 1.22. The number of hydrogen-bond donors (Lipinski definition) is 2. The molecule has 0 aromatic carbocycles. The third kappa shape index (κ3) is 5.98. The van der Waals surface area contributed by atoms with Gasteiger partial charge in [0.05, 0.1) is 0 Å². The van der Waals surface area contributed by atoms with Crippen molar-refractivity contribution in [3.05, 3.63) is 11.7 Å². The van der Waals surface area contributed by atoms with E-state index in [-0.39, 0.29) is 17.9 Å². The van der Waals surface area contributed by atoms with E-state index >= 15 is 0 Å². The molecule has 0 saturated carbocycles. The minimum atomic E-state index is -0.249. The van der Waals surface area contributed by atoms with Crippen LogP contribution < -0.4 is 11.1 Å². The molecule has 1 fully saturated rings. The van der Waals surface area contributed by atoms with E-state index in [9.17, 15) is 4.79 Å². The lowest BCUT2D eigenvalue weighted by atomic mass is 9.95. The number of amides is 1. The zero-order chi connectivity index (χ0) is 18.9. The highest BCUT2D eigenvalue weighted by Gasteiger charge is 2.23. The Kier molecular flexibility index (Phi) is 7.83. The minimum absolute atomic E-state index is 0.202. The van der Waals surface area contributed by atoms with Crippen LogP contribution in [-0.2, 0) is 16.1 Å². The van der Waals surface area contributed by atoms with Gasteiger partial charge < -0.3 is 25.2 Å². The average Bonchev–Trinajstić information content (AvgIpc) is 3.07. The van der Waals surface area contributed by atoms with E-state index in [2.05, 4.69) is 25.3 Å². The van der Waals surface area contributed by atoms with Gasteiger partial charge in [-0.3, -0.25) is 4.79 Å². The lowest BCUT2D eigenvalue weighted by Gasteiger charge is -2.34. The van der Waals surface area contributed by atoms with Gasteiger partial charge in [-0.25, -0.2) is 4.99 Å². The van der Waals surface area contributed by atoms with Crippen molar-refractivity contribution in [1.82, 2.24) is 20.4 Å². The second-order valence-corrected chi connectivity index (χ2v) is 6.44. The van der Waals surface area contributed by atoms with Crippen LogP contribution in [0.4, 0.5) is 0 Å². The Morgan fingerprint density at radius 3 is 3.04 bits per heavy atom. The van der Waals surface area contributed by atoms with Crippen molar-refractivity contribution in [2.75, 3.05) is 26.2 Å². The van der Waals surface area contributed by atoms with Crippen LogP contribution in [0.1, 0.15) is 57.9 Å². The van der Waals surface area contributed by atoms with Crippen molar-refractivity contribution in [2.24, 2.45) is 16.6 Å². The molecule has 9 heteroatoms. The molecule has 2 unspecified atom stereocenters. The second-order valence-electron chi connectivity index (χ2n) is 6.44. The van der Waals surface area contributed by atoms with Gasteiger partial charge in [0.2, 0.25) is 11.8 Å². The van der Waals surface area contributed by atoms with Crippen LogP contribution in [-0.4, -0.2) is 53.1 Å². The van der Waals surface area contributed by atoms with Crippen LogP contribution in [0.3, 0.4) is 0 Å². The first-order chi connectivity index (χ1) is 12.5. The number of nitrogens with one attached hydrogen (secondary N) is 1. The monoisotopic (exact) mass is 366 g/mol. The molecule has 1 aromatic rings. The van der Waals surface area contributed by atoms with Gasteiger partial charge in [-0.2, -0.15) is 4.98 Å². The summed E-state index contributed by atoms with van der Waals surface area (Å²) in [4.78, 5) is 22.3. The van der Waals surface area contributed by atoms with E-state index in [1.54, 1.807) is 0 Å². The number of ether oxygens (including phenoxy) is 1. The molecule has 2 heterocycles. The maximum atomic E-state index is 11.2. The van der Waals surface area contributed by atoms with Gasteiger partial charge in [-0.1, -0.05) is 5.16 Å². The van der Waals surface area contributed by atoms with E-state index in [4.69, 9.17) is 15.0 Å². The molecule has 1 aliphatic heterocycles. The molecule has 1 aromatic heterocycles. The van der Waals surface area contributed by atoms with Crippen LogP contribution in [0.2, 0.25) is 0 Å². The summed E-state index contributed by atoms with van der Waals surface area (Å²) < 4.78 is 10.7. The Morgan fingerprint density at radius 1 is 1.54 bits per heavy atom. The van der Waals surface area contributed by atoms with Crippen LogP contribution in [0, 0.1) is 5.92 Å². The molecule has 26 heavy (non-hydrogen) atoms. The fourth-order valence-electron chi connectivity index (χ4n) is 3.10. The van der Waals surface area contributed by atoms with Crippen LogP contribution in [0.25, 0.3) is 0 Å². The number of rotatable bonds is 8. The maximum Gasteiger partial charge on any atom is 0.248 e. The van der Waals surface area contributed by atoms with Gasteiger partial charge in [0, 0.05) is 32.7 Å². The van der Waals surface area contributed by atoms with E-state index in [1.807, 2.05) is 20.8 Å². The summed E-state index contributed by atoms with van der Waals surface area (Å²) in [5.41, 5.74) is 5.35. The largest absolute Gasteiger partial charge is 0.371 e. The summed E-state index contributed by atoms with van der Waals surface area (Å²) in [7, 11) is 0. The maximum absolute atomic E-state index is 11.2. The van der Waals surface area contributed by atoms with Crippen molar-refractivity contribution < 1.29 is 14.1 Å². The van der Waals surface area contributed by atoms with E-state index in [0.29, 0.717) is 31.3 Å². The highest BCUT2D eigenvalue weighted by molar-refractivity contribution is 5.80. The number of nitrogens with two attached hydrogens (primary N) is 1. The molecule has 9 nitrogen and oxygen atoms in total. The second kappa shape index (κ2) is 10.1. The molecule has 0 radical (unpaired) electrons. The number of primary amides is 1. The van der Waals surface area contributed by atoms with Gasteiger partial charge in [0.25, 0.3) is 0 Å². The molecule has 1 saturated heterocycles. The highest BCUT2D eigenvalue weighted by Crippen LogP contribution is 2.19. The summed E-state index contributed by atoms with van der Waals surface area (Å²) in [6.45, 7) is 9.15. The standard InChI is InChI=1S/C17H30N6O3/c1-4-19-17(23-8-6-7-13(11-23)9-14(18)24)20-10-15-21-16(22-26-15)12(3)25-5-2/h12-13H,4-11H2,1-3H3,(H2,18,24)(H,19,20). The van der Waals surface area contributed by atoms with E-state index in [1.165, 1.54) is 0 Å². The quantitative estimate of drug-likeness (QED) is 0.524.